The summed E-state index contributed by atoms with van der Waals surface area (Å²) in [5.41, 5.74) is 9.46. The molecule has 0 atom stereocenters. The normalized spacial score (nSPS) is 10.4. The van der Waals surface area contributed by atoms with Crippen LogP contribution in [0.1, 0.15) is 18.1 Å². The number of fused-ring (bicyclic) bond motifs is 1. The minimum Gasteiger partial charge on any atom is -0.361 e. The van der Waals surface area contributed by atoms with E-state index in [1.165, 1.54) is 0 Å². The number of benzene rings is 2. The maximum Gasteiger partial charge on any atom is 0.242 e. The Balaban J connectivity index is 1.54. The smallest absolute Gasteiger partial charge is 0.242 e. The van der Waals surface area contributed by atoms with E-state index in [0.717, 1.165) is 34.1 Å². The van der Waals surface area contributed by atoms with Gasteiger partial charge in [-0.2, -0.15) is 0 Å². The van der Waals surface area contributed by atoms with Crippen molar-refractivity contribution in [2.75, 3.05) is 5.32 Å². The summed E-state index contributed by atoms with van der Waals surface area (Å²) in [6.07, 6.45) is 3.03. The predicted molar refractivity (Wildman–Crippen MR) is 105 cm³/mol. The highest BCUT2D eigenvalue weighted by Gasteiger charge is 2.09. The molecule has 4 N–H and O–H groups in total. The third-order valence-corrected chi connectivity index (χ3v) is 4.19. The van der Waals surface area contributed by atoms with Gasteiger partial charge in [0.1, 0.15) is 0 Å². The van der Waals surface area contributed by atoms with Crippen LogP contribution in [-0.4, -0.2) is 16.0 Å². The van der Waals surface area contributed by atoms with Gasteiger partial charge in [-0.05, 0) is 41.9 Å². The number of hydrazine groups is 1. The lowest BCUT2D eigenvalue weighted by atomic mass is 10.1. The van der Waals surface area contributed by atoms with Crippen molar-refractivity contribution in [2.24, 2.45) is 0 Å². The van der Waals surface area contributed by atoms with Crippen molar-refractivity contribution in [2.45, 2.75) is 19.8 Å². The van der Waals surface area contributed by atoms with Gasteiger partial charge in [0.15, 0.2) is 5.11 Å². The zero-order chi connectivity index (χ0) is 17.6. The molecular weight excluding hydrogens is 332 g/mol. The van der Waals surface area contributed by atoms with Gasteiger partial charge in [-0.15, -0.1) is 0 Å². The van der Waals surface area contributed by atoms with E-state index in [2.05, 4.69) is 28.1 Å². The minimum absolute atomic E-state index is 0.155. The number of hydrogen-bond donors (Lipinski definition) is 4. The molecule has 0 unspecified atom stereocenters. The molecule has 1 heterocycles. The van der Waals surface area contributed by atoms with Crippen LogP contribution in [0.25, 0.3) is 10.9 Å². The number of nitrogens with one attached hydrogen (secondary N) is 4. The number of aromatic amines is 1. The van der Waals surface area contributed by atoms with Gasteiger partial charge in [0.05, 0.1) is 6.42 Å². The van der Waals surface area contributed by atoms with Crippen molar-refractivity contribution in [1.29, 1.82) is 0 Å². The summed E-state index contributed by atoms with van der Waals surface area (Å²) in [5.74, 6) is -0.155. The lowest BCUT2D eigenvalue weighted by molar-refractivity contribution is -0.120. The van der Waals surface area contributed by atoms with E-state index in [4.69, 9.17) is 12.2 Å². The predicted octanol–water partition coefficient (Wildman–Crippen LogP) is 3.29. The summed E-state index contributed by atoms with van der Waals surface area (Å²) in [5, 5.41) is 4.51. The minimum atomic E-state index is -0.155. The van der Waals surface area contributed by atoms with Gasteiger partial charge in [-0.3, -0.25) is 15.6 Å². The first kappa shape index (κ1) is 17.0. The van der Waals surface area contributed by atoms with Gasteiger partial charge in [-0.25, -0.2) is 0 Å². The van der Waals surface area contributed by atoms with E-state index in [0.29, 0.717) is 5.11 Å². The fourth-order valence-electron chi connectivity index (χ4n) is 2.73. The van der Waals surface area contributed by atoms with Crippen LogP contribution < -0.4 is 16.2 Å². The second kappa shape index (κ2) is 7.81. The fourth-order valence-corrected chi connectivity index (χ4v) is 2.89. The molecule has 3 rings (SSSR count). The van der Waals surface area contributed by atoms with Gasteiger partial charge >= 0.3 is 0 Å². The molecule has 0 aliphatic rings. The Morgan fingerprint density at radius 3 is 2.64 bits per heavy atom. The molecule has 0 aliphatic carbocycles. The number of aromatic nitrogens is 1. The van der Waals surface area contributed by atoms with E-state index < -0.39 is 0 Å². The second-order valence-corrected chi connectivity index (χ2v) is 6.08. The highest BCUT2D eigenvalue weighted by molar-refractivity contribution is 7.80. The van der Waals surface area contributed by atoms with Gasteiger partial charge in [0, 0.05) is 22.8 Å². The number of anilines is 1. The molecule has 0 fully saturated rings. The number of carbonyl (C=O) groups is 1. The van der Waals surface area contributed by atoms with Crippen molar-refractivity contribution in [3.63, 3.8) is 0 Å². The van der Waals surface area contributed by atoms with Crippen LogP contribution in [0.3, 0.4) is 0 Å². The van der Waals surface area contributed by atoms with Crippen LogP contribution in [0.2, 0.25) is 0 Å². The first-order chi connectivity index (χ1) is 12.2. The molecule has 25 heavy (non-hydrogen) atoms. The largest absolute Gasteiger partial charge is 0.361 e. The maximum absolute atomic E-state index is 12.2. The molecule has 0 bridgehead atoms. The maximum atomic E-state index is 12.2. The lowest BCUT2D eigenvalue weighted by Gasteiger charge is -2.13. The molecule has 0 radical (unpaired) electrons. The van der Waals surface area contributed by atoms with E-state index in [9.17, 15) is 4.79 Å². The van der Waals surface area contributed by atoms with Crippen LogP contribution >= 0.6 is 12.2 Å². The highest BCUT2D eigenvalue weighted by atomic mass is 32.1. The highest BCUT2D eigenvalue weighted by Crippen LogP contribution is 2.18. The van der Waals surface area contributed by atoms with Crippen molar-refractivity contribution in [3.8, 4) is 0 Å². The zero-order valence-electron chi connectivity index (χ0n) is 13.9. The SMILES string of the molecule is CCc1ccccc1NC(=S)NNC(=O)Cc1c[nH]c2ccccc12. The molecular formula is C19H20N4OS. The van der Waals surface area contributed by atoms with Crippen LogP contribution in [0.5, 0.6) is 0 Å². The van der Waals surface area contributed by atoms with Crippen LogP contribution in [-0.2, 0) is 17.6 Å². The van der Waals surface area contributed by atoms with Crippen molar-refractivity contribution < 1.29 is 4.79 Å². The molecule has 3 aromatic rings. The Bertz CT molecular complexity index is 903. The number of amides is 1. The third-order valence-electron chi connectivity index (χ3n) is 3.99. The van der Waals surface area contributed by atoms with Crippen molar-refractivity contribution in [3.05, 3.63) is 65.9 Å². The molecule has 0 spiro atoms. The summed E-state index contributed by atoms with van der Waals surface area (Å²) < 4.78 is 0. The van der Waals surface area contributed by atoms with E-state index in [-0.39, 0.29) is 12.3 Å². The molecule has 0 aliphatic heterocycles. The van der Waals surface area contributed by atoms with Crippen LogP contribution in [0.4, 0.5) is 5.69 Å². The lowest BCUT2D eigenvalue weighted by Crippen LogP contribution is -2.44. The van der Waals surface area contributed by atoms with E-state index in [1.54, 1.807) is 0 Å². The first-order valence-corrected chi connectivity index (χ1v) is 8.57. The molecule has 0 saturated heterocycles. The van der Waals surface area contributed by atoms with Gasteiger partial charge in [0.2, 0.25) is 5.91 Å². The summed E-state index contributed by atoms with van der Waals surface area (Å²) in [6, 6.07) is 15.8. The number of aryl methyl sites for hydroxylation is 1. The van der Waals surface area contributed by atoms with Gasteiger partial charge < -0.3 is 10.3 Å². The Labute approximate surface area is 151 Å². The zero-order valence-corrected chi connectivity index (χ0v) is 14.7. The number of para-hydroxylation sites is 2. The molecule has 2 aromatic carbocycles. The standard InChI is InChI=1S/C19H20N4OS/c1-2-13-7-3-5-9-16(13)21-19(25)23-22-18(24)11-14-12-20-17-10-6-4-8-15(14)17/h3-10,12,20H,2,11H2,1H3,(H,22,24)(H2,21,23,25). The number of carbonyl (C=O) groups excluding carboxylic acids is 1. The number of hydrogen-bond acceptors (Lipinski definition) is 2. The van der Waals surface area contributed by atoms with E-state index >= 15 is 0 Å². The molecule has 6 heteroatoms. The summed E-state index contributed by atoms with van der Waals surface area (Å²) >= 11 is 5.24. The molecule has 1 aromatic heterocycles. The van der Waals surface area contributed by atoms with Crippen molar-refractivity contribution in [1.82, 2.24) is 15.8 Å². The number of H-pyrrole nitrogens is 1. The summed E-state index contributed by atoms with van der Waals surface area (Å²) in [4.78, 5) is 15.3. The third kappa shape index (κ3) is 4.16. The summed E-state index contributed by atoms with van der Waals surface area (Å²) in [7, 11) is 0. The Hall–Kier alpha value is -2.86. The van der Waals surface area contributed by atoms with Gasteiger partial charge in [-0.1, -0.05) is 43.3 Å². The number of thiocarbonyl (C=S) groups is 1. The molecule has 1 amide bonds. The Morgan fingerprint density at radius 2 is 1.80 bits per heavy atom. The number of rotatable bonds is 4. The Morgan fingerprint density at radius 1 is 1.04 bits per heavy atom. The van der Waals surface area contributed by atoms with Crippen LogP contribution in [0.15, 0.2) is 54.7 Å². The topological polar surface area (TPSA) is 68.9 Å². The van der Waals surface area contributed by atoms with Gasteiger partial charge in [0.25, 0.3) is 0 Å². The van der Waals surface area contributed by atoms with Crippen molar-refractivity contribution >= 4 is 39.8 Å². The average Bonchev–Trinajstić information content (AvgIpc) is 3.03. The fraction of sp³-hybridized carbons (Fsp3) is 0.158. The molecule has 5 nitrogen and oxygen atoms in total. The van der Waals surface area contributed by atoms with Crippen LogP contribution in [0, 0.1) is 0 Å². The molecule has 0 saturated carbocycles. The van der Waals surface area contributed by atoms with E-state index in [1.807, 2.05) is 54.7 Å². The first-order valence-electron chi connectivity index (χ1n) is 8.16. The second-order valence-electron chi connectivity index (χ2n) is 5.67. The summed E-state index contributed by atoms with van der Waals surface area (Å²) in [6.45, 7) is 2.08. The average molecular weight is 352 g/mol. The molecule has 128 valence electrons. The Kier molecular flexibility index (Phi) is 5.30. The quantitative estimate of drug-likeness (QED) is 0.430. The monoisotopic (exact) mass is 352 g/mol.